The second-order valence-electron chi connectivity index (χ2n) is 6.37. The van der Waals surface area contributed by atoms with E-state index in [9.17, 15) is 17.6 Å². The molecule has 132 valence electrons. The van der Waals surface area contributed by atoms with Crippen LogP contribution in [0, 0.1) is 11.7 Å². The molecule has 1 fully saturated rings. The Morgan fingerprint density at radius 3 is 2.38 bits per heavy atom. The molecule has 0 saturated carbocycles. The number of hydrogen-bond donors (Lipinski definition) is 0. The summed E-state index contributed by atoms with van der Waals surface area (Å²) in [5, 5.41) is 0. The van der Waals surface area contributed by atoms with Gasteiger partial charge in [-0.1, -0.05) is 19.1 Å². The molecule has 0 atom stereocenters. The summed E-state index contributed by atoms with van der Waals surface area (Å²) in [7, 11) is -0.981. The van der Waals surface area contributed by atoms with Crippen molar-refractivity contribution in [1.82, 2.24) is 9.80 Å². The minimum atomic E-state index is -4.24. The zero-order valence-electron chi connectivity index (χ0n) is 14.2. The lowest BCUT2D eigenvalue weighted by Gasteiger charge is -2.31. The van der Waals surface area contributed by atoms with Gasteiger partial charge in [-0.2, -0.15) is 0 Å². The molecule has 5 nitrogen and oxygen atoms in total. The maximum Gasteiger partial charge on any atom is 0.267 e. The molecule has 0 aromatic heterocycles. The fourth-order valence-electron chi connectivity index (χ4n) is 2.62. The summed E-state index contributed by atoms with van der Waals surface area (Å²) in [6, 6.07) is 5.11. The van der Waals surface area contributed by atoms with Crippen LogP contribution in [0.2, 0.25) is 0 Å². The molecule has 0 radical (unpaired) electrons. The summed E-state index contributed by atoms with van der Waals surface area (Å²) in [4.78, 5) is 14.9. The van der Waals surface area contributed by atoms with Gasteiger partial charge < -0.3 is 9.80 Å². The van der Waals surface area contributed by atoms with Crippen molar-refractivity contribution in [2.24, 2.45) is 5.92 Å². The lowest BCUT2D eigenvalue weighted by Crippen LogP contribution is -2.40. The Labute approximate surface area is 142 Å². The number of piperidine rings is 1. The van der Waals surface area contributed by atoms with E-state index >= 15 is 0 Å². The van der Waals surface area contributed by atoms with Gasteiger partial charge in [-0.25, -0.2) is 12.8 Å². The van der Waals surface area contributed by atoms with E-state index in [-0.39, 0.29) is 0 Å². The highest BCUT2D eigenvalue weighted by atomic mass is 32.2. The van der Waals surface area contributed by atoms with Gasteiger partial charge in [0.15, 0.2) is 4.91 Å². The molecule has 1 heterocycles. The molecule has 1 aromatic carbocycles. The van der Waals surface area contributed by atoms with Crippen LogP contribution in [-0.2, 0) is 14.6 Å². The molecule has 7 heteroatoms. The van der Waals surface area contributed by atoms with Crippen molar-refractivity contribution in [2.45, 2.75) is 24.7 Å². The molecule has 24 heavy (non-hydrogen) atoms. The summed E-state index contributed by atoms with van der Waals surface area (Å²) >= 11 is 0. The Kier molecular flexibility index (Phi) is 5.64. The molecule has 0 spiro atoms. The molecule has 0 bridgehead atoms. The van der Waals surface area contributed by atoms with E-state index < -0.39 is 31.4 Å². The van der Waals surface area contributed by atoms with Crippen LogP contribution >= 0.6 is 0 Å². The lowest BCUT2D eigenvalue weighted by molar-refractivity contribution is -0.127. The van der Waals surface area contributed by atoms with Crippen molar-refractivity contribution in [3.8, 4) is 0 Å². The van der Waals surface area contributed by atoms with Crippen LogP contribution in [0.1, 0.15) is 19.8 Å². The molecule has 0 aliphatic carbocycles. The molecular formula is C17H23FN2O3S. The van der Waals surface area contributed by atoms with E-state index in [2.05, 4.69) is 6.92 Å². The Balaban J connectivity index is 2.42. The van der Waals surface area contributed by atoms with Gasteiger partial charge in [-0.3, -0.25) is 4.79 Å². The summed E-state index contributed by atoms with van der Waals surface area (Å²) in [5.74, 6) is -0.917. The van der Waals surface area contributed by atoms with Crippen molar-refractivity contribution in [3.05, 3.63) is 41.2 Å². The molecular weight excluding hydrogens is 331 g/mol. The number of likely N-dealkylation sites (tertiary alicyclic amines) is 1. The number of carbonyl (C=O) groups excluding carboxylic acids is 1. The van der Waals surface area contributed by atoms with Crippen LogP contribution in [0.25, 0.3) is 0 Å². The second-order valence-corrected chi connectivity index (χ2v) is 8.25. The van der Waals surface area contributed by atoms with Gasteiger partial charge in [-0.05, 0) is 30.9 Å². The van der Waals surface area contributed by atoms with Gasteiger partial charge in [0.25, 0.3) is 5.91 Å². The van der Waals surface area contributed by atoms with Crippen molar-refractivity contribution in [1.29, 1.82) is 0 Å². The number of carbonyl (C=O) groups is 1. The number of hydrogen-bond acceptors (Lipinski definition) is 4. The quantitative estimate of drug-likeness (QED) is 0.779. The highest BCUT2D eigenvalue weighted by molar-refractivity contribution is 7.96. The Morgan fingerprint density at radius 1 is 1.25 bits per heavy atom. The minimum absolute atomic E-state index is 0.396. The van der Waals surface area contributed by atoms with Crippen LogP contribution < -0.4 is 0 Å². The number of halogens is 1. The average Bonchev–Trinajstić information content (AvgIpc) is 2.52. The topological polar surface area (TPSA) is 57.7 Å². The van der Waals surface area contributed by atoms with E-state index in [1.165, 1.54) is 34.2 Å². The van der Waals surface area contributed by atoms with Crippen molar-refractivity contribution in [2.75, 3.05) is 27.2 Å². The summed E-state index contributed by atoms with van der Waals surface area (Å²) in [6.07, 6.45) is 2.92. The molecule has 1 aliphatic heterocycles. The summed E-state index contributed by atoms with van der Waals surface area (Å²) in [6.45, 7) is 3.13. The standard InChI is InChI=1S/C17H23FN2O3S/c1-13-8-10-20(11-9-13)17(21)16(12-19(2)3)24(22,23)15-7-5-4-6-14(15)18/h4-7,12-13H,8-11H2,1-3H3/b16-12-. The summed E-state index contributed by atoms with van der Waals surface area (Å²) in [5.41, 5.74) is 0. The predicted molar refractivity (Wildman–Crippen MR) is 90.3 cm³/mol. The van der Waals surface area contributed by atoms with Crippen LogP contribution in [0.4, 0.5) is 4.39 Å². The molecule has 1 aliphatic rings. The first-order chi connectivity index (χ1) is 11.2. The average molecular weight is 354 g/mol. The summed E-state index contributed by atoms with van der Waals surface area (Å²) < 4.78 is 39.7. The molecule has 0 unspecified atom stereocenters. The highest BCUT2D eigenvalue weighted by Gasteiger charge is 2.33. The Bertz CT molecular complexity index is 736. The number of sulfone groups is 1. The van der Waals surface area contributed by atoms with Crippen LogP contribution in [0.5, 0.6) is 0 Å². The first-order valence-corrected chi connectivity index (χ1v) is 9.39. The van der Waals surface area contributed by atoms with Crippen LogP contribution in [0.3, 0.4) is 0 Å². The first-order valence-electron chi connectivity index (χ1n) is 7.90. The van der Waals surface area contributed by atoms with Crippen molar-refractivity contribution >= 4 is 15.7 Å². The van der Waals surface area contributed by atoms with E-state index in [4.69, 9.17) is 0 Å². The second kappa shape index (κ2) is 7.34. The van der Waals surface area contributed by atoms with Crippen molar-refractivity contribution in [3.63, 3.8) is 0 Å². The number of amides is 1. The maximum absolute atomic E-state index is 14.0. The normalized spacial score (nSPS) is 17.0. The zero-order chi connectivity index (χ0) is 17.9. The fourth-order valence-corrected chi connectivity index (χ4v) is 4.15. The van der Waals surface area contributed by atoms with Crippen molar-refractivity contribution < 1.29 is 17.6 Å². The van der Waals surface area contributed by atoms with Gasteiger partial charge in [0.1, 0.15) is 10.7 Å². The van der Waals surface area contributed by atoms with Gasteiger partial charge in [0.05, 0.1) is 0 Å². The van der Waals surface area contributed by atoms with Crippen LogP contribution in [-0.4, -0.2) is 51.3 Å². The lowest BCUT2D eigenvalue weighted by atomic mass is 9.99. The van der Waals surface area contributed by atoms with E-state index in [1.807, 2.05) is 0 Å². The highest BCUT2D eigenvalue weighted by Crippen LogP contribution is 2.26. The predicted octanol–water partition coefficient (Wildman–Crippen LogP) is 2.26. The largest absolute Gasteiger partial charge is 0.382 e. The first kappa shape index (κ1) is 18.4. The molecule has 2 rings (SSSR count). The van der Waals surface area contributed by atoms with E-state index in [1.54, 1.807) is 14.1 Å². The van der Waals surface area contributed by atoms with Gasteiger partial charge >= 0.3 is 0 Å². The minimum Gasteiger partial charge on any atom is -0.382 e. The van der Waals surface area contributed by atoms with Gasteiger partial charge in [0.2, 0.25) is 9.84 Å². The SMILES string of the molecule is CC1CCN(C(=O)/C(=C/N(C)C)S(=O)(=O)c2ccccc2F)CC1. The van der Waals surface area contributed by atoms with E-state index in [0.717, 1.165) is 18.9 Å². The molecule has 1 aromatic rings. The third-order valence-corrected chi connectivity index (χ3v) is 5.84. The van der Waals surface area contributed by atoms with Gasteiger partial charge in [0, 0.05) is 33.4 Å². The number of benzene rings is 1. The maximum atomic E-state index is 14.0. The Morgan fingerprint density at radius 2 is 1.83 bits per heavy atom. The molecule has 0 N–H and O–H groups in total. The van der Waals surface area contributed by atoms with E-state index in [0.29, 0.717) is 19.0 Å². The monoisotopic (exact) mass is 354 g/mol. The third-order valence-electron chi connectivity index (χ3n) is 4.07. The van der Waals surface area contributed by atoms with Crippen LogP contribution in [0.15, 0.2) is 40.3 Å². The van der Waals surface area contributed by atoms with Gasteiger partial charge in [-0.15, -0.1) is 0 Å². The molecule has 1 saturated heterocycles. The number of rotatable bonds is 4. The molecule has 1 amide bonds. The fraction of sp³-hybridized carbons (Fsp3) is 0.471. The third kappa shape index (κ3) is 3.95. The number of nitrogens with zero attached hydrogens (tertiary/aromatic N) is 2. The smallest absolute Gasteiger partial charge is 0.267 e. The Hall–Kier alpha value is -1.89. The zero-order valence-corrected chi connectivity index (χ0v) is 15.0.